The Hall–Kier alpha value is -2.36. The van der Waals surface area contributed by atoms with Crippen molar-refractivity contribution >= 4 is 24.1 Å². The maximum Gasteiger partial charge on any atom is 0.508 e. The Balaban J connectivity index is 1.30. The van der Waals surface area contributed by atoms with Gasteiger partial charge in [0, 0.05) is 19.4 Å². The van der Waals surface area contributed by atoms with Crippen molar-refractivity contribution in [3.8, 4) is 0 Å². The average Bonchev–Trinajstić information content (AvgIpc) is 3.11. The molecule has 4 aliphatic carbocycles. The van der Waals surface area contributed by atoms with Gasteiger partial charge in [0.25, 0.3) is 0 Å². The number of hydrogen-bond acceptors (Lipinski definition) is 10. The van der Waals surface area contributed by atoms with Crippen LogP contribution in [-0.4, -0.2) is 81.6 Å². The van der Waals surface area contributed by atoms with Crippen LogP contribution in [0.5, 0.6) is 0 Å². The maximum absolute atomic E-state index is 13.1. The maximum atomic E-state index is 13.1. The third-order valence-electron chi connectivity index (χ3n) is 11.6. The van der Waals surface area contributed by atoms with Gasteiger partial charge < -0.3 is 28.6 Å². The number of ether oxygens (including phenoxy) is 5. The van der Waals surface area contributed by atoms with E-state index in [1.54, 1.807) is 0 Å². The van der Waals surface area contributed by atoms with Crippen molar-refractivity contribution in [3.63, 3.8) is 0 Å². The third kappa shape index (κ3) is 18.1. The van der Waals surface area contributed by atoms with Crippen LogP contribution in [0.1, 0.15) is 162 Å². The predicted octanol–water partition coefficient (Wildman–Crippen LogP) is 9.21. The fourth-order valence-electron chi connectivity index (χ4n) is 9.10. The SMILES string of the molecule is CCCCCCCCCCCCOC(=O)CCCCC(=O)OCC(COC(=O)CC12CC3CC(CC(C3)C1)C2)COC(=O)OCCCN(CC)CC. The van der Waals surface area contributed by atoms with Gasteiger partial charge in [0.1, 0.15) is 19.8 Å². The van der Waals surface area contributed by atoms with E-state index in [1.165, 1.54) is 70.6 Å². The van der Waals surface area contributed by atoms with Crippen LogP contribution in [0.4, 0.5) is 4.79 Å². The highest BCUT2D eigenvalue weighted by Gasteiger charge is 2.51. The molecule has 1 unspecified atom stereocenters. The molecule has 4 bridgehead atoms. The lowest BCUT2D eigenvalue weighted by Crippen LogP contribution is -2.47. The van der Waals surface area contributed by atoms with Gasteiger partial charge in [0.05, 0.1) is 25.6 Å². The number of carbonyl (C=O) groups is 4. The minimum Gasteiger partial charge on any atom is -0.466 e. The van der Waals surface area contributed by atoms with Gasteiger partial charge in [-0.05, 0) is 100 Å². The number of esters is 3. The lowest BCUT2D eigenvalue weighted by Gasteiger charge is -2.56. The summed E-state index contributed by atoms with van der Waals surface area (Å²) in [5.74, 6) is 0.887. The Morgan fingerprint density at radius 3 is 1.60 bits per heavy atom. The number of hydrogen-bond donors (Lipinski definition) is 0. The van der Waals surface area contributed by atoms with E-state index in [2.05, 4.69) is 25.7 Å². The minimum absolute atomic E-state index is 0.00138. The molecular formula is C42H73NO9. The molecule has 0 heterocycles. The summed E-state index contributed by atoms with van der Waals surface area (Å²) in [4.78, 5) is 52.3. The van der Waals surface area contributed by atoms with E-state index >= 15 is 0 Å². The second-order valence-electron chi connectivity index (χ2n) is 16.2. The molecule has 4 aliphatic rings. The van der Waals surface area contributed by atoms with Gasteiger partial charge in [-0.2, -0.15) is 0 Å². The van der Waals surface area contributed by atoms with Crippen LogP contribution in [0.25, 0.3) is 0 Å². The van der Waals surface area contributed by atoms with Gasteiger partial charge >= 0.3 is 24.1 Å². The predicted molar refractivity (Wildman–Crippen MR) is 202 cm³/mol. The molecule has 0 aromatic heterocycles. The van der Waals surface area contributed by atoms with Crippen LogP contribution < -0.4 is 0 Å². The molecular weight excluding hydrogens is 662 g/mol. The lowest BCUT2D eigenvalue weighted by molar-refractivity contribution is -0.156. The Kier molecular flexibility index (Phi) is 21.7. The largest absolute Gasteiger partial charge is 0.508 e. The zero-order chi connectivity index (χ0) is 37.4. The topological polar surface area (TPSA) is 118 Å². The van der Waals surface area contributed by atoms with Gasteiger partial charge in [0.15, 0.2) is 0 Å². The number of nitrogens with zero attached hydrogens (tertiary/aromatic N) is 1. The molecule has 0 aliphatic heterocycles. The Morgan fingerprint density at radius 2 is 1.04 bits per heavy atom. The molecule has 0 aromatic carbocycles. The van der Waals surface area contributed by atoms with Crippen molar-refractivity contribution in [3.05, 3.63) is 0 Å². The van der Waals surface area contributed by atoms with Gasteiger partial charge in [-0.15, -0.1) is 0 Å². The first-order chi connectivity index (χ1) is 25.2. The summed E-state index contributed by atoms with van der Waals surface area (Å²) in [7, 11) is 0. The minimum atomic E-state index is -0.782. The van der Waals surface area contributed by atoms with Crippen molar-refractivity contribution in [2.24, 2.45) is 29.1 Å². The Morgan fingerprint density at radius 1 is 0.558 bits per heavy atom. The molecule has 300 valence electrons. The third-order valence-corrected chi connectivity index (χ3v) is 11.6. The molecule has 0 N–H and O–H groups in total. The highest BCUT2D eigenvalue weighted by atomic mass is 16.7. The quantitative estimate of drug-likeness (QED) is 0.0401. The average molecular weight is 736 g/mol. The first-order valence-electron chi connectivity index (χ1n) is 21.2. The molecule has 0 spiro atoms. The van der Waals surface area contributed by atoms with Gasteiger partial charge in [-0.3, -0.25) is 14.4 Å². The van der Waals surface area contributed by atoms with Crippen LogP contribution in [0, 0.1) is 29.1 Å². The van der Waals surface area contributed by atoms with Gasteiger partial charge in [-0.1, -0.05) is 78.6 Å². The van der Waals surface area contributed by atoms with Crippen LogP contribution in [0.3, 0.4) is 0 Å². The van der Waals surface area contributed by atoms with Gasteiger partial charge in [0.2, 0.25) is 0 Å². The lowest BCUT2D eigenvalue weighted by atomic mass is 9.49. The van der Waals surface area contributed by atoms with Crippen molar-refractivity contribution in [1.29, 1.82) is 0 Å². The highest BCUT2D eigenvalue weighted by molar-refractivity contribution is 5.71. The first kappa shape index (κ1) is 44.0. The summed E-state index contributed by atoms with van der Waals surface area (Å²) in [5, 5.41) is 0. The van der Waals surface area contributed by atoms with Crippen molar-refractivity contribution in [1.82, 2.24) is 4.90 Å². The molecule has 0 saturated heterocycles. The van der Waals surface area contributed by atoms with E-state index in [9.17, 15) is 19.2 Å². The normalized spacial score (nSPS) is 22.3. The zero-order valence-corrected chi connectivity index (χ0v) is 33.1. The summed E-state index contributed by atoms with van der Waals surface area (Å²) in [6, 6.07) is 0. The summed E-state index contributed by atoms with van der Waals surface area (Å²) >= 11 is 0. The summed E-state index contributed by atoms with van der Waals surface area (Å²) in [5.41, 5.74) is 0.0681. The number of carbonyl (C=O) groups excluding carboxylic acids is 4. The van der Waals surface area contributed by atoms with Gasteiger partial charge in [-0.25, -0.2) is 4.79 Å². The summed E-state index contributed by atoms with van der Waals surface area (Å²) < 4.78 is 27.2. The molecule has 10 heteroatoms. The van der Waals surface area contributed by atoms with E-state index in [-0.39, 0.29) is 56.6 Å². The second kappa shape index (κ2) is 25.6. The molecule has 4 rings (SSSR count). The molecule has 52 heavy (non-hydrogen) atoms. The van der Waals surface area contributed by atoms with Crippen molar-refractivity contribution in [2.75, 3.05) is 52.7 Å². The van der Waals surface area contributed by atoms with Crippen LogP contribution in [0.2, 0.25) is 0 Å². The van der Waals surface area contributed by atoms with E-state index in [1.807, 2.05) is 0 Å². The summed E-state index contributed by atoms with van der Waals surface area (Å²) in [6.45, 7) is 9.72. The summed E-state index contributed by atoms with van der Waals surface area (Å²) in [6.07, 6.45) is 21.5. The van der Waals surface area contributed by atoms with Crippen molar-refractivity contribution < 1.29 is 42.9 Å². The fourth-order valence-corrected chi connectivity index (χ4v) is 9.10. The Labute approximate surface area is 315 Å². The molecule has 10 nitrogen and oxygen atoms in total. The van der Waals surface area contributed by atoms with E-state index in [0.29, 0.717) is 32.3 Å². The molecule has 0 radical (unpaired) electrons. The van der Waals surface area contributed by atoms with Crippen LogP contribution >= 0.6 is 0 Å². The highest BCUT2D eigenvalue weighted by Crippen LogP contribution is 2.61. The number of unbranched alkanes of at least 4 members (excludes halogenated alkanes) is 10. The fraction of sp³-hybridized carbons (Fsp3) is 0.905. The van der Waals surface area contributed by atoms with E-state index in [0.717, 1.165) is 69.5 Å². The standard InChI is InChI=1S/C42H73NO9/c1-4-7-8-9-10-11-12-13-14-17-22-48-38(44)19-15-16-20-39(45)50-31-37(33-52-41(47)49-23-18-21-43(5-2)6-3)32-51-40(46)30-42-27-34-24-35(28-42)26-36(25-34)29-42/h34-37H,4-33H2,1-3H3. The van der Waals surface area contributed by atoms with E-state index in [4.69, 9.17) is 23.7 Å². The molecule has 4 saturated carbocycles. The second-order valence-corrected chi connectivity index (χ2v) is 16.2. The first-order valence-corrected chi connectivity index (χ1v) is 21.2. The molecule has 0 aromatic rings. The molecule has 0 amide bonds. The number of rotatable bonds is 30. The monoisotopic (exact) mass is 736 g/mol. The molecule has 4 fully saturated rings. The van der Waals surface area contributed by atoms with E-state index < -0.39 is 18.0 Å². The Bertz CT molecular complexity index is 994. The van der Waals surface area contributed by atoms with Crippen LogP contribution in [-0.2, 0) is 38.1 Å². The van der Waals surface area contributed by atoms with Crippen molar-refractivity contribution in [2.45, 2.75) is 162 Å². The zero-order valence-electron chi connectivity index (χ0n) is 33.1. The molecule has 1 atom stereocenters. The van der Waals surface area contributed by atoms with Crippen LogP contribution in [0.15, 0.2) is 0 Å². The smallest absolute Gasteiger partial charge is 0.466 e.